The van der Waals surface area contributed by atoms with E-state index in [0.29, 0.717) is 13.1 Å². The zero-order valence-corrected chi connectivity index (χ0v) is 14.0. The highest BCUT2D eigenvalue weighted by Gasteiger charge is 2.13. The second-order valence-corrected chi connectivity index (χ2v) is 5.34. The van der Waals surface area contributed by atoms with Crippen LogP contribution in [0, 0.1) is 0 Å². The Morgan fingerprint density at radius 2 is 1.71 bits per heavy atom. The number of amides is 2. The summed E-state index contributed by atoms with van der Waals surface area (Å²) in [6.45, 7) is 2.24. The van der Waals surface area contributed by atoms with Crippen LogP contribution in [0.25, 0.3) is 0 Å². The average Bonchev–Trinajstić information content (AvgIpc) is 2.61. The summed E-state index contributed by atoms with van der Waals surface area (Å²) in [5, 5.41) is 2.86. The summed E-state index contributed by atoms with van der Waals surface area (Å²) in [5.41, 5.74) is 1.71. The van der Waals surface area contributed by atoms with E-state index in [1.807, 2.05) is 54.6 Å². The lowest BCUT2D eigenvalue weighted by atomic mass is 10.2. The third kappa shape index (κ3) is 4.84. The lowest BCUT2D eigenvalue weighted by Crippen LogP contribution is -2.33. The van der Waals surface area contributed by atoms with Crippen molar-refractivity contribution in [3.05, 3.63) is 60.2 Å². The fourth-order valence-corrected chi connectivity index (χ4v) is 2.42. The van der Waals surface area contributed by atoms with Crippen LogP contribution in [0.4, 0.5) is 5.69 Å². The summed E-state index contributed by atoms with van der Waals surface area (Å²) in [7, 11) is 1.60. The fourth-order valence-electron chi connectivity index (χ4n) is 2.42. The summed E-state index contributed by atoms with van der Waals surface area (Å²) in [6.07, 6.45) is 0.240. The van der Waals surface area contributed by atoms with Crippen LogP contribution in [0.3, 0.4) is 0 Å². The number of carbonyl (C=O) groups is 2. The van der Waals surface area contributed by atoms with Gasteiger partial charge in [-0.25, -0.2) is 0 Å². The molecule has 5 heteroatoms. The second kappa shape index (κ2) is 8.72. The van der Waals surface area contributed by atoms with Gasteiger partial charge in [-0.1, -0.05) is 36.4 Å². The van der Waals surface area contributed by atoms with Crippen LogP contribution < -0.4 is 15.0 Å². The first kappa shape index (κ1) is 17.5. The Bertz CT molecular complexity index is 686. The first-order valence-electron chi connectivity index (χ1n) is 7.83. The number of methoxy groups -OCH3 is 1. The smallest absolute Gasteiger partial charge is 0.223 e. The molecule has 2 rings (SSSR count). The van der Waals surface area contributed by atoms with Crippen LogP contribution >= 0.6 is 0 Å². The van der Waals surface area contributed by atoms with E-state index in [1.165, 1.54) is 6.92 Å². The van der Waals surface area contributed by atoms with Crippen molar-refractivity contribution in [2.75, 3.05) is 18.6 Å². The monoisotopic (exact) mass is 326 g/mol. The number of anilines is 1. The Labute approximate surface area is 142 Å². The summed E-state index contributed by atoms with van der Waals surface area (Å²) in [6, 6.07) is 16.9. The molecule has 0 bridgehead atoms. The molecular weight excluding hydrogens is 304 g/mol. The third-order valence-corrected chi connectivity index (χ3v) is 3.68. The van der Waals surface area contributed by atoms with Crippen LogP contribution in [-0.4, -0.2) is 25.5 Å². The number of rotatable bonds is 7. The quantitative estimate of drug-likeness (QED) is 0.851. The van der Waals surface area contributed by atoms with E-state index in [9.17, 15) is 9.59 Å². The maximum atomic E-state index is 12.1. The molecular formula is C19H22N2O3. The molecule has 5 nitrogen and oxygen atoms in total. The largest absolute Gasteiger partial charge is 0.496 e. The van der Waals surface area contributed by atoms with Gasteiger partial charge in [0.15, 0.2) is 0 Å². The fraction of sp³-hybridized carbons (Fsp3) is 0.263. The Kier molecular flexibility index (Phi) is 6.37. The third-order valence-electron chi connectivity index (χ3n) is 3.68. The Balaban J connectivity index is 1.89. The molecule has 2 amide bonds. The summed E-state index contributed by atoms with van der Waals surface area (Å²) in [4.78, 5) is 25.5. The summed E-state index contributed by atoms with van der Waals surface area (Å²) >= 11 is 0. The van der Waals surface area contributed by atoms with E-state index in [2.05, 4.69) is 5.32 Å². The van der Waals surface area contributed by atoms with E-state index < -0.39 is 0 Å². The predicted octanol–water partition coefficient (Wildman–Crippen LogP) is 2.75. The van der Waals surface area contributed by atoms with E-state index in [1.54, 1.807) is 12.0 Å². The highest BCUT2D eigenvalue weighted by molar-refractivity contribution is 5.92. The van der Waals surface area contributed by atoms with Gasteiger partial charge in [0.25, 0.3) is 0 Å². The van der Waals surface area contributed by atoms with Crippen LogP contribution in [0.2, 0.25) is 0 Å². The molecule has 0 saturated heterocycles. The van der Waals surface area contributed by atoms with Gasteiger partial charge in [-0.15, -0.1) is 0 Å². The molecule has 0 aliphatic carbocycles. The van der Waals surface area contributed by atoms with Gasteiger partial charge in [0, 0.05) is 37.7 Å². The number of nitrogens with one attached hydrogen (secondary N) is 1. The molecule has 0 aliphatic rings. The molecule has 0 unspecified atom stereocenters. The molecule has 2 aromatic carbocycles. The van der Waals surface area contributed by atoms with Gasteiger partial charge in [-0.3, -0.25) is 9.59 Å². The number of para-hydroxylation sites is 2. The maximum absolute atomic E-state index is 12.1. The summed E-state index contributed by atoms with van der Waals surface area (Å²) < 4.78 is 5.26. The van der Waals surface area contributed by atoms with Gasteiger partial charge >= 0.3 is 0 Å². The molecule has 0 atom stereocenters. The van der Waals surface area contributed by atoms with Crippen LogP contribution in [-0.2, 0) is 16.1 Å². The number of nitrogens with zero attached hydrogens (tertiary/aromatic N) is 1. The minimum Gasteiger partial charge on any atom is -0.496 e. The Hall–Kier alpha value is -2.82. The number of hydrogen-bond acceptors (Lipinski definition) is 3. The average molecular weight is 326 g/mol. The lowest BCUT2D eigenvalue weighted by molar-refractivity contribution is -0.121. The normalized spacial score (nSPS) is 10.1. The van der Waals surface area contributed by atoms with Gasteiger partial charge in [0.05, 0.1) is 7.11 Å². The highest BCUT2D eigenvalue weighted by Crippen LogP contribution is 2.17. The Morgan fingerprint density at radius 3 is 2.38 bits per heavy atom. The van der Waals surface area contributed by atoms with Gasteiger partial charge in [-0.2, -0.15) is 0 Å². The standard InChI is InChI=1S/C19H22N2O3/c1-15(22)21(17-9-4-3-5-10-17)13-12-19(23)20-14-16-8-6-7-11-18(16)24-2/h3-11H,12-14H2,1-2H3,(H,20,23). The molecule has 0 spiro atoms. The van der Waals surface area contributed by atoms with Crippen molar-refractivity contribution in [2.24, 2.45) is 0 Å². The zero-order valence-electron chi connectivity index (χ0n) is 14.0. The molecule has 2 aromatic rings. The molecule has 0 fully saturated rings. The number of carbonyl (C=O) groups excluding carboxylic acids is 2. The zero-order chi connectivity index (χ0) is 17.4. The van der Waals surface area contributed by atoms with Crippen molar-refractivity contribution in [3.63, 3.8) is 0 Å². The molecule has 0 aromatic heterocycles. The van der Waals surface area contributed by atoms with E-state index in [4.69, 9.17) is 4.74 Å². The molecule has 126 valence electrons. The van der Waals surface area contributed by atoms with Crippen molar-refractivity contribution in [1.82, 2.24) is 5.32 Å². The molecule has 0 radical (unpaired) electrons. The van der Waals surface area contributed by atoms with Gasteiger partial charge in [0.1, 0.15) is 5.75 Å². The van der Waals surface area contributed by atoms with Crippen LogP contribution in [0.1, 0.15) is 18.9 Å². The molecule has 0 aliphatic heterocycles. The lowest BCUT2D eigenvalue weighted by Gasteiger charge is -2.21. The SMILES string of the molecule is COc1ccccc1CNC(=O)CCN(C(C)=O)c1ccccc1. The topological polar surface area (TPSA) is 58.6 Å². The van der Waals surface area contributed by atoms with E-state index in [0.717, 1.165) is 17.0 Å². The van der Waals surface area contributed by atoms with Gasteiger partial charge in [-0.05, 0) is 18.2 Å². The summed E-state index contributed by atoms with van der Waals surface area (Å²) in [5.74, 6) is 0.550. The molecule has 0 saturated carbocycles. The number of ether oxygens (including phenoxy) is 1. The van der Waals surface area contributed by atoms with E-state index >= 15 is 0 Å². The number of benzene rings is 2. The maximum Gasteiger partial charge on any atom is 0.223 e. The van der Waals surface area contributed by atoms with Crippen LogP contribution in [0.5, 0.6) is 5.75 Å². The van der Waals surface area contributed by atoms with E-state index in [-0.39, 0.29) is 18.2 Å². The molecule has 24 heavy (non-hydrogen) atoms. The predicted molar refractivity (Wildman–Crippen MR) is 93.9 cm³/mol. The highest BCUT2D eigenvalue weighted by atomic mass is 16.5. The van der Waals surface area contributed by atoms with Crippen molar-refractivity contribution < 1.29 is 14.3 Å². The minimum atomic E-state index is -0.108. The Morgan fingerprint density at radius 1 is 1.04 bits per heavy atom. The minimum absolute atomic E-state index is 0.0845. The van der Waals surface area contributed by atoms with Crippen molar-refractivity contribution in [2.45, 2.75) is 19.9 Å². The molecule has 0 heterocycles. The molecule has 1 N–H and O–H groups in total. The van der Waals surface area contributed by atoms with Crippen LogP contribution in [0.15, 0.2) is 54.6 Å². The van der Waals surface area contributed by atoms with Crippen molar-refractivity contribution >= 4 is 17.5 Å². The van der Waals surface area contributed by atoms with Crippen molar-refractivity contribution in [1.29, 1.82) is 0 Å². The van der Waals surface area contributed by atoms with Crippen molar-refractivity contribution in [3.8, 4) is 5.75 Å². The van der Waals surface area contributed by atoms with Gasteiger partial charge < -0.3 is 15.0 Å². The first-order valence-corrected chi connectivity index (χ1v) is 7.83. The van der Waals surface area contributed by atoms with Gasteiger partial charge in [0.2, 0.25) is 11.8 Å². The second-order valence-electron chi connectivity index (χ2n) is 5.34. The number of hydrogen-bond donors (Lipinski definition) is 1. The first-order chi connectivity index (χ1) is 11.6.